The van der Waals surface area contributed by atoms with Gasteiger partial charge in [-0.15, -0.1) is 0 Å². The van der Waals surface area contributed by atoms with Crippen molar-refractivity contribution in [2.24, 2.45) is 0 Å². The first kappa shape index (κ1) is 16.4. The number of hydrogen-bond acceptors (Lipinski definition) is 4. The van der Waals surface area contributed by atoms with Gasteiger partial charge < -0.3 is 20.1 Å². The Kier molecular flexibility index (Phi) is 8.55. The fraction of sp³-hybridized carbons (Fsp3) is 0.727. The predicted octanol–water partition coefficient (Wildman–Crippen LogP) is -0.538. The van der Waals surface area contributed by atoms with Gasteiger partial charge in [0.05, 0.1) is 0 Å². The number of amides is 2. The number of carboxylic acid groups (broad SMARTS) is 1. The number of rotatable bonds is 9. The van der Waals surface area contributed by atoms with E-state index < -0.39 is 18.5 Å². The van der Waals surface area contributed by atoms with Crippen LogP contribution in [-0.4, -0.2) is 60.6 Å². The summed E-state index contributed by atoms with van der Waals surface area (Å²) in [6, 6.07) is 0. The third kappa shape index (κ3) is 7.61. The fourth-order valence-corrected chi connectivity index (χ4v) is 1.33. The molecule has 0 fully saturated rings. The minimum Gasteiger partial charge on any atom is -0.480 e. The second-order valence-electron chi connectivity index (χ2n) is 3.55. The molecule has 0 saturated heterocycles. The van der Waals surface area contributed by atoms with Crippen LogP contribution >= 0.6 is 0 Å². The summed E-state index contributed by atoms with van der Waals surface area (Å²) in [5.74, 6) is -1.57. The average Bonchev–Trinajstić information content (AvgIpc) is 2.30. The largest absolute Gasteiger partial charge is 0.480 e. The number of nitrogens with zero attached hydrogens (tertiary/aromatic N) is 1. The Bertz CT molecular complexity index is 289. The second kappa shape index (κ2) is 9.41. The van der Waals surface area contributed by atoms with Crippen molar-refractivity contribution in [3.63, 3.8) is 0 Å². The van der Waals surface area contributed by atoms with E-state index in [0.29, 0.717) is 13.1 Å². The Morgan fingerprint density at radius 1 is 1.17 bits per heavy atom. The maximum atomic E-state index is 11.6. The van der Waals surface area contributed by atoms with Gasteiger partial charge in [-0.05, 0) is 13.8 Å². The number of carbonyl (C=O) groups is 3. The van der Waals surface area contributed by atoms with Gasteiger partial charge in [-0.25, -0.2) is 4.79 Å². The molecule has 7 heteroatoms. The van der Waals surface area contributed by atoms with Crippen LogP contribution in [0.4, 0.5) is 0 Å². The molecule has 18 heavy (non-hydrogen) atoms. The van der Waals surface area contributed by atoms with Crippen LogP contribution in [0.15, 0.2) is 0 Å². The van der Waals surface area contributed by atoms with Crippen molar-refractivity contribution in [1.29, 1.82) is 0 Å². The summed E-state index contributed by atoms with van der Waals surface area (Å²) in [6.07, 6.45) is 0.229. The first-order chi connectivity index (χ1) is 8.51. The number of carboxylic acids is 1. The molecular formula is C11H20N2O5. The van der Waals surface area contributed by atoms with E-state index in [9.17, 15) is 14.4 Å². The molecule has 0 spiro atoms. The van der Waals surface area contributed by atoms with Crippen LogP contribution < -0.4 is 5.32 Å². The maximum absolute atomic E-state index is 11.6. The highest BCUT2D eigenvalue weighted by atomic mass is 16.5. The van der Waals surface area contributed by atoms with E-state index in [-0.39, 0.29) is 25.5 Å². The molecule has 0 aliphatic carbocycles. The lowest BCUT2D eigenvalue weighted by Crippen LogP contribution is -2.35. The molecule has 0 aromatic rings. The molecule has 0 atom stereocenters. The third-order valence-electron chi connectivity index (χ3n) is 2.24. The molecule has 0 heterocycles. The molecule has 2 N–H and O–H groups in total. The van der Waals surface area contributed by atoms with Crippen molar-refractivity contribution in [3.8, 4) is 0 Å². The summed E-state index contributed by atoms with van der Waals surface area (Å²) < 4.78 is 4.60. The molecular weight excluding hydrogens is 240 g/mol. The highest BCUT2D eigenvalue weighted by Gasteiger charge is 2.09. The maximum Gasteiger partial charge on any atom is 0.329 e. The highest BCUT2D eigenvalue weighted by molar-refractivity contribution is 5.80. The lowest BCUT2D eigenvalue weighted by atomic mass is 10.3. The monoisotopic (exact) mass is 260 g/mol. The zero-order valence-corrected chi connectivity index (χ0v) is 10.8. The number of carbonyl (C=O) groups excluding carboxylic acids is 2. The van der Waals surface area contributed by atoms with Gasteiger partial charge in [0.2, 0.25) is 11.8 Å². The Morgan fingerprint density at radius 3 is 2.28 bits per heavy atom. The standard InChI is InChI=1S/C11H20N2O5/c1-3-13(4-2)10(15)5-6-12-9(14)7-18-8-11(16)17/h3-8H2,1-2H3,(H,12,14)(H,16,17). The molecule has 0 unspecified atom stereocenters. The first-order valence-electron chi connectivity index (χ1n) is 5.85. The minimum absolute atomic E-state index is 0.0215. The van der Waals surface area contributed by atoms with E-state index in [1.807, 2.05) is 13.8 Å². The van der Waals surface area contributed by atoms with E-state index in [1.165, 1.54) is 0 Å². The summed E-state index contributed by atoms with van der Waals surface area (Å²) in [6.45, 7) is 4.47. The van der Waals surface area contributed by atoms with Crippen molar-refractivity contribution in [1.82, 2.24) is 10.2 Å². The molecule has 2 amide bonds. The van der Waals surface area contributed by atoms with Crippen molar-refractivity contribution in [2.45, 2.75) is 20.3 Å². The smallest absolute Gasteiger partial charge is 0.329 e. The van der Waals surface area contributed by atoms with E-state index in [1.54, 1.807) is 4.90 Å². The van der Waals surface area contributed by atoms with E-state index in [2.05, 4.69) is 10.1 Å². The Balaban J connectivity index is 3.67. The van der Waals surface area contributed by atoms with Gasteiger partial charge >= 0.3 is 5.97 Å². The van der Waals surface area contributed by atoms with Crippen molar-refractivity contribution < 1.29 is 24.2 Å². The molecule has 0 aliphatic heterocycles. The lowest BCUT2D eigenvalue weighted by Gasteiger charge is -2.18. The average molecular weight is 260 g/mol. The Labute approximate surface area is 106 Å². The summed E-state index contributed by atoms with van der Waals surface area (Å²) in [5.41, 5.74) is 0. The summed E-state index contributed by atoms with van der Waals surface area (Å²) >= 11 is 0. The van der Waals surface area contributed by atoms with Gasteiger partial charge in [-0.2, -0.15) is 0 Å². The fourth-order valence-electron chi connectivity index (χ4n) is 1.33. The first-order valence-corrected chi connectivity index (χ1v) is 5.85. The topological polar surface area (TPSA) is 95.9 Å². The predicted molar refractivity (Wildman–Crippen MR) is 64.0 cm³/mol. The minimum atomic E-state index is -1.13. The van der Waals surface area contributed by atoms with Crippen LogP contribution in [0.5, 0.6) is 0 Å². The SMILES string of the molecule is CCN(CC)C(=O)CCNC(=O)COCC(=O)O. The third-order valence-corrected chi connectivity index (χ3v) is 2.24. The van der Waals surface area contributed by atoms with Crippen LogP contribution in [0.1, 0.15) is 20.3 Å². The van der Waals surface area contributed by atoms with Crippen LogP contribution in [0.2, 0.25) is 0 Å². The Hall–Kier alpha value is -1.63. The zero-order valence-electron chi connectivity index (χ0n) is 10.8. The normalized spacial score (nSPS) is 9.89. The van der Waals surface area contributed by atoms with Gasteiger partial charge in [0.1, 0.15) is 13.2 Å². The number of hydrogen-bond donors (Lipinski definition) is 2. The van der Waals surface area contributed by atoms with E-state index >= 15 is 0 Å². The van der Waals surface area contributed by atoms with Crippen molar-refractivity contribution in [3.05, 3.63) is 0 Å². The van der Waals surface area contributed by atoms with Crippen molar-refractivity contribution in [2.75, 3.05) is 32.8 Å². The summed E-state index contributed by atoms with van der Waals surface area (Å²) in [4.78, 5) is 34.5. The molecule has 0 aromatic heterocycles. The van der Waals surface area contributed by atoms with Gasteiger partial charge in [-0.1, -0.05) is 0 Å². The second-order valence-corrected chi connectivity index (χ2v) is 3.55. The van der Waals surface area contributed by atoms with Crippen LogP contribution in [0.3, 0.4) is 0 Å². The summed E-state index contributed by atoms with van der Waals surface area (Å²) in [7, 11) is 0. The van der Waals surface area contributed by atoms with Crippen molar-refractivity contribution >= 4 is 17.8 Å². The molecule has 0 saturated carbocycles. The highest BCUT2D eigenvalue weighted by Crippen LogP contribution is 1.92. The molecule has 0 bridgehead atoms. The molecule has 104 valence electrons. The van der Waals surface area contributed by atoms with Gasteiger partial charge in [-0.3, -0.25) is 9.59 Å². The van der Waals surface area contributed by atoms with E-state index in [0.717, 1.165) is 0 Å². The zero-order chi connectivity index (χ0) is 14.0. The molecule has 0 aromatic carbocycles. The van der Waals surface area contributed by atoms with Crippen LogP contribution in [-0.2, 0) is 19.1 Å². The molecule has 7 nitrogen and oxygen atoms in total. The van der Waals surface area contributed by atoms with Gasteiger partial charge in [0.15, 0.2) is 0 Å². The van der Waals surface area contributed by atoms with Crippen LogP contribution in [0.25, 0.3) is 0 Å². The van der Waals surface area contributed by atoms with Gasteiger partial charge in [0, 0.05) is 26.1 Å². The quantitative estimate of drug-likeness (QED) is 0.580. The van der Waals surface area contributed by atoms with E-state index in [4.69, 9.17) is 5.11 Å². The van der Waals surface area contributed by atoms with Gasteiger partial charge in [0.25, 0.3) is 0 Å². The lowest BCUT2D eigenvalue weighted by molar-refractivity contribution is -0.143. The molecule has 0 radical (unpaired) electrons. The number of nitrogens with one attached hydrogen (secondary N) is 1. The van der Waals surface area contributed by atoms with Crippen LogP contribution in [0, 0.1) is 0 Å². The Morgan fingerprint density at radius 2 is 1.78 bits per heavy atom. The molecule has 0 rings (SSSR count). The molecule has 0 aliphatic rings. The number of aliphatic carboxylic acids is 1. The number of ether oxygens (including phenoxy) is 1. The summed E-state index contributed by atoms with van der Waals surface area (Å²) in [5, 5.41) is 10.8.